The van der Waals surface area contributed by atoms with E-state index in [2.05, 4.69) is 94.1 Å². The van der Waals surface area contributed by atoms with Crippen molar-refractivity contribution in [2.45, 2.75) is 40.7 Å². The molecule has 0 spiro atoms. The molecule has 1 atom stereocenters. The van der Waals surface area contributed by atoms with Gasteiger partial charge in [-0.3, -0.25) is 6.08 Å². The standard InChI is InChI=1S/C13H10N.C10H15.2ClH.Hf/c1-2-6-12-11(5-1)7-8-13(12)14-9-3-4-10-14;1-7-6-10(4,5)9(3)8(7)2;;;/h1-7,9-10,13H;1-5H3;2*1H;/q2*-1;;;+4/p-2. The van der Waals surface area contributed by atoms with Gasteiger partial charge in [0.25, 0.3) is 0 Å². The molecule has 4 heteroatoms. The normalized spacial score (nSPS) is 18.3. The molecule has 0 aliphatic heterocycles. The van der Waals surface area contributed by atoms with E-state index in [0.717, 1.165) is 0 Å². The second-order valence-corrected chi connectivity index (χ2v) is 7.10. The number of aromatic nitrogens is 1. The van der Waals surface area contributed by atoms with Crippen molar-refractivity contribution in [2.24, 2.45) is 5.41 Å². The molecule has 1 aromatic carbocycles. The molecule has 0 amide bonds. The molecule has 0 bridgehead atoms. The fraction of sp³-hybridized carbons (Fsp3) is 0.304. The number of fused-ring (bicyclic) bond motifs is 1. The molecular weight excluding hydrogens is 540 g/mol. The fourth-order valence-electron chi connectivity index (χ4n) is 3.32. The van der Waals surface area contributed by atoms with Gasteiger partial charge in [0.2, 0.25) is 0 Å². The second-order valence-electron chi connectivity index (χ2n) is 7.10. The SMILES string of the molecule is CC1=[C-]C(C)(C)C(C)=C1C.[C-]1=Cc2ccccc2C1n1cccc1.[Cl-].[Cl-].[Hf+4]. The Labute approximate surface area is 195 Å². The van der Waals surface area contributed by atoms with Gasteiger partial charge >= 0.3 is 25.8 Å². The zero-order chi connectivity index (χ0) is 17.3. The van der Waals surface area contributed by atoms with Crippen LogP contribution in [-0.2, 0) is 25.8 Å². The first-order valence-electron chi connectivity index (χ1n) is 8.51. The minimum atomic E-state index is 0. The minimum Gasteiger partial charge on any atom is -1.00 e. The summed E-state index contributed by atoms with van der Waals surface area (Å²) >= 11 is 0. The number of allylic oxidation sites excluding steroid dienone is 5. The number of benzene rings is 1. The molecule has 140 valence electrons. The van der Waals surface area contributed by atoms with Crippen molar-refractivity contribution in [3.05, 3.63) is 88.8 Å². The van der Waals surface area contributed by atoms with Crippen LogP contribution in [0.3, 0.4) is 0 Å². The molecule has 27 heavy (non-hydrogen) atoms. The van der Waals surface area contributed by atoms with E-state index in [1.165, 1.54) is 27.8 Å². The monoisotopic (exact) mass is 565 g/mol. The van der Waals surface area contributed by atoms with Crippen molar-refractivity contribution in [1.82, 2.24) is 4.57 Å². The van der Waals surface area contributed by atoms with Crippen LogP contribution in [0.2, 0.25) is 0 Å². The Morgan fingerprint density at radius 1 is 0.926 bits per heavy atom. The molecule has 2 aliphatic carbocycles. The van der Waals surface area contributed by atoms with Gasteiger partial charge in [0.15, 0.2) is 0 Å². The third-order valence-corrected chi connectivity index (χ3v) is 5.18. The van der Waals surface area contributed by atoms with Crippen LogP contribution in [-0.4, -0.2) is 4.57 Å². The molecule has 0 radical (unpaired) electrons. The summed E-state index contributed by atoms with van der Waals surface area (Å²) in [5, 5.41) is 0. The third-order valence-electron chi connectivity index (χ3n) is 5.18. The summed E-state index contributed by atoms with van der Waals surface area (Å²) < 4.78 is 2.17. The molecule has 1 heterocycles. The first-order chi connectivity index (χ1) is 11.4. The predicted molar refractivity (Wildman–Crippen MR) is 101 cm³/mol. The minimum absolute atomic E-state index is 0. The Hall–Kier alpha value is -0.830. The molecule has 1 aromatic heterocycles. The molecule has 2 aromatic rings. The van der Waals surface area contributed by atoms with Gasteiger partial charge in [-0.05, 0) is 18.2 Å². The number of nitrogens with zero attached hydrogens (tertiary/aromatic N) is 1. The maximum absolute atomic E-state index is 3.44. The van der Waals surface area contributed by atoms with Crippen molar-refractivity contribution >= 4 is 6.08 Å². The Kier molecular flexibility index (Phi) is 10.3. The number of rotatable bonds is 1. The van der Waals surface area contributed by atoms with Crippen molar-refractivity contribution in [3.63, 3.8) is 0 Å². The first kappa shape index (κ1) is 26.2. The molecule has 0 saturated heterocycles. The summed E-state index contributed by atoms with van der Waals surface area (Å²) in [6.45, 7) is 10.9. The van der Waals surface area contributed by atoms with Gasteiger partial charge in [0, 0.05) is 12.4 Å². The molecule has 1 nitrogen and oxygen atoms in total. The van der Waals surface area contributed by atoms with Crippen LogP contribution in [0.4, 0.5) is 0 Å². The van der Waals surface area contributed by atoms with Crippen LogP contribution in [0, 0.1) is 17.6 Å². The average molecular weight is 565 g/mol. The summed E-state index contributed by atoms with van der Waals surface area (Å²) in [5.41, 5.74) is 7.01. The van der Waals surface area contributed by atoms with E-state index >= 15 is 0 Å². The van der Waals surface area contributed by atoms with E-state index in [0.29, 0.717) is 0 Å². The fourth-order valence-corrected chi connectivity index (χ4v) is 3.32. The Balaban J connectivity index is 0.000000473. The Morgan fingerprint density at radius 3 is 2.00 bits per heavy atom. The molecule has 4 rings (SSSR count). The van der Waals surface area contributed by atoms with E-state index in [4.69, 9.17) is 0 Å². The molecular formula is C23H25Cl2HfN. The third kappa shape index (κ3) is 5.59. The van der Waals surface area contributed by atoms with Gasteiger partial charge in [0.05, 0.1) is 0 Å². The van der Waals surface area contributed by atoms with Crippen molar-refractivity contribution in [1.29, 1.82) is 0 Å². The molecule has 2 aliphatic rings. The van der Waals surface area contributed by atoms with Crippen LogP contribution < -0.4 is 24.8 Å². The van der Waals surface area contributed by atoms with Gasteiger partial charge in [-0.2, -0.15) is 16.7 Å². The van der Waals surface area contributed by atoms with E-state index in [-0.39, 0.29) is 62.1 Å². The summed E-state index contributed by atoms with van der Waals surface area (Å²) in [5.74, 6) is 0. The summed E-state index contributed by atoms with van der Waals surface area (Å²) in [7, 11) is 0. The maximum atomic E-state index is 3.44. The van der Waals surface area contributed by atoms with Gasteiger partial charge in [-0.1, -0.05) is 51.3 Å². The van der Waals surface area contributed by atoms with Gasteiger partial charge in [-0.15, -0.1) is 18.6 Å². The van der Waals surface area contributed by atoms with Crippen LogP contribution >= 0.6 is 0 Å². The molecule has 0 saturated carbocycles. The quantitative estimate of drug-likeness (QED) is 0.340. The Morgan fingerprint density at radius 2 is 1.52 bits per heavy atom. The van der Waals surface area contributed by atoms with E-state index < -0.39 is 0 Å². The molecule has 0 N–H and O–H groups in total. The number of halogens is 2. The van der Waals surface area contributed by atoms with Gasteiger partial charge < -0.3 is 29.4 Å². The number of hydrogen-bond acceptors (Lipinski definition) is 0. The van der Waals surface area contributed by atoms with Gasteiger partial charge in [-0.25, -0.2) is 17.7 Å². The van der Waals surface area contributed by atoms with E-state index in [9.17, 15) is 0 Å². The smallest absolute Gasteiger partial charge is 1.00 e. The topological polar surface area (TPSA) is 4.93 Å². The number of hydrogen-bond donors (Lipinski definition) is 0. The van der Waals surface area contributed by atoms with Crippen molar-refractivity contribution in [3.8, 4) is 0 Å². The largest absolute Gasteiger partial charge is 4.00 e. The zero-order valence-corrected chi connectivity index (χ0v) is 21.6. The zero-order valence-electron chi connectivity index (χ0n) is 16.5. The predicted octanol–water partition coefficient (Wildman–Crippen LogP) is 0.0251. The van der Waals surface area contributed by atoms with E-state index in [1.54, 1.807) is 0 Å². The van der Waals surface area contributed by atoms with Crippen LogP contribution in [0.25, 0.3) is 6.08 Å². The average Bonchev–Trinajstić information content (AvgIpc) is 3.25. The second kappa shape index (κ2) is 10.6. The van der Waals surface area contributed by atoms with Crippen molar-refractivity contribution in [2.75, 3.05) is 0 Å². The van der Waals surface area contributed by atoms with Crippen LogP contribution in [0.1, 0.15) is 51.8 Å². The van der Waals surface area contributed by atoms with Crippen LogP contribution in [0.15, 0.2) is 65.5 Å². The van der Waals surface area contributed by atoms with Gasteiger partial charge in [0.1, 0.15) is 0 Å². The first-order valence-corrected chi connectivity index (χ1v) is 8.51. The molecule has 1 unspecified atom stereocenters. The van der Waals surface area contributed by atoms with Crippen LogP contribution in [0.5, 0.6) is 0 Å². The summed E-state index contributed by atoms with van der Waals surface area (Å²) in [6.07, 6.45) is 13.0. The van der Waals surface area contributed by atoms with Crippen molar-refractivity contribution < 1.29 is 50.7 Å². The maximum Gasteiger partial charge on any atom is 4.00 e. The van der Waals surface area contributed by atoms with E-state index in [1.807, 2.05) is 12.1 Å². The Bertz CT molecular complexity index is 830. The molecule has 0 fully saturated rings. The summed E-state index contributed by atoms with van der Waals surface area (Å²) in [4.78, 5) is 0. The summed E-state index contributed by atoms with van der Waals surface area (Å²) in [6, 6.07) is 12.8.